The van der Waals surface area contributed by atoms with Crippen molar-refractivity contribution >= 4 is 41.4 Å². The summed E-state index contributed by atoms with van der Waals surface area (Å²) < 4.78 is 7.34. The van der Waals surface area contributed by atoms with Crippen LogP contribution < -0.4 is 9.62 Å². The highest BCUT2D eigenvalue weighted by molar-refractivity contribution is 8.00. The normalized spacial score (nSPS) is 13.6. The monoisotopic (exact) mass is 517 g/mol. The number of hydrogen-bond donors (Lipinski definition) is 1. The minimum atomic E-state index is 0.752. The first-order valence-electron chi connectivity index (χ1n) is 12.7. The third-order valence-corrected chi connectivity index (χ3v) is 7.84. The molecule has 35 heavy (non-hydrogen) atoms. The molecule has 0 aromatic heterocycles. The lowest BCUT2D eigenvalue weighted by atomic mass is 10.1. The molecule has 5 nitrogen and oxygen atoms in total. The molecule has 1 heterocycles. The standard InChI is InChI=1S/C14H20N2O2S.C14H23NS/c1-15(19-2)14-4-3-12(9-13(14)11-17)10-16-5-7-18-8-6-16;1-3-4-5-6-7-12-16-14-10-8-13(15-2)9-11-14/h3-4,9,11H,5-8,10H2,1-2H3;8-11,15H,3-7,12H2,1-2H3. The molecule has 0 radical (unpaired) electrons. The molecule has 194 valence electrons. The third kappa shape index (κ3) is 11.3. The minimum Gasteiger partial charge on any atom is -0.388 e. The number of morpholine rings is 1. The summed E-state index contributed by atoms with van der Waals surface area (Å²) in [7, 11) is 3.92. The van der Waals surface area contributed by atoms with Crippen molar-refractivity contribution in [2.45, 2.75) is 50.5 Å². The third-order valence-electron chi connectivity index (χ3n) is 6.00. The molecule has 1 saturated heterocycles. The van der Waals surface area contributed by atoms with Crippen LogP contribution in [0.5, 0.6) is 0 Å². The Balaban J connectivity index is 0.000000251. The molecule has 0 saturated carbocycles. The number of aldehydes is 1. The lowest BCUT2D eigenvalue weighted by Crippen LogP contribution is -2.35. The van der Waals surface area contributed by atoms with Crippen LogP contribution in [0.25, 0.3) is 0 Å². The van der Waals surface area contributed by atoms with Crippen LogP contribution in [0.3, 0.4) is 0 Å². The van der Waals surface area contributed by atoms with Crippen molar-refractivity contribution in [1.82, 2.24) is 4.90 Å². The molecule has 3 rings (SSSR count). The number of ether oxygens (including phenoxy) is 1. The Morgan fingerprint density at radius 2 is 1.77 bits per heavy atom. The second-order valence-corrected chi connectivity index (χ2v) is 10.7. The Morgan fingerprint density at radius 3 is 2.40 bits per heavy atom. The first kappa shape index (κ1) is 29.6. The number of nitrogens with zero attached hydrogens (tertiary/aromatic N) is 2. The molecule has 1 aliphatic heterocycles. The van der Waals surface area contributed by atoms with Crippen LogP contribution in [-0.4, -0.2) is 63.6 Å². The molecule has 0 amide bonds. The van der Waals surface area contributed by atoms with Crippen molar-refractivity contribution in [3.63, 3.8) is 0 Å². The Kier molecular flexibility index (Phi) is 15.0. The molecule has 0 atom stereocenters. The van der Waals surface area contributed by atoms with Gasteiger partial charge in [0.25, 0.3) is 0 Å². The van der Waals surface area contributed by atoms with Gasteiger partial charge in [0, 0.05) is 56.1 Å². The predicted molar refractivity (Wildman–Crippen MR) is 155 cm³/mol. The molecular weight excluding hydrogens is 474 g/mol. The van der Waals surface area contributed by atoms with E-state index >= 15 is 0 Å². The summed E-state index contributed by atoms with van der Waals surface area (Å²) in [5, 5.41) is 3.14. The van der Waals surface area contributed by atoms with Crippen LogP contribution in [0, 0.1) is 0 Å². The summed E-state index contributed by atoms with van der Waals surface area (Å²) in [4.78, 5) is 15.0. The van der Waals surface area contributed by atoms with Gasteiger partial charge in [-0.3, -0.25) is 9.69 Å². The van der Waals surface area contributed by atoms with Gasteiger partial charge in [-0.15, -0.1) is 11.8 Å². The molecule has 1 aliphatic rings. The van der Waals surface area contributed by atoms with Crippen LogP contribution in [0.2, 0.25) is 0 Å². The number of hydrogen-bond acceptors (Lipinski definition) is 7. The zero-order chi connectivity index (χ0) is 25.3. The molecule has 0 aliphatic carbocycles. The van der Waals surface area contributed by atoms with Gasteiger partial charge in [0.05, 0.1) is 18.9 Å². The first-order valence-corrected chi connectivity index (χ1v) is 14.8. The highest BCUT2D eigenvalue weighted by atomic mass is 32.2. The number of carbonyl (C=O) groups excluding carboxylic acids is 1. The van der Waals surface area contributed by atoms with Crippen molar-refractivity contribution in [2.24, 2.45) is 0 Å². The van der Waals surface area contributed by atoms with Gasteiger partial charge in [-0.1, -0.05) is 50.6 Å². The number of anilines is 2. The molecular formula is C28H43N3O2S2. The van der Waals surface area contributed by atoms with E-state index in [4.69, 9.17) is 4.74 Å². The van der Waals surface area contributed by atoms with Crippen LogP contribution >= 0.6 is 23.7 Å². The van der Waals surface area contributed by atoms with Crippen LogP contribution in [-0.2, 0) is 11.3 Å². The number of thioether (sulfide) groups is 1. The molecule has 1 N–H and O–H groups in total. The predicted octanol–water partition coefficient (Wildman–Crippen LogP) is 6.84. The van der Waals surface area contributed by atoms with Crippen molar-refractivity contribution < 1.29 is 9.53 Å². The fourth-order valence-electron chi connectivity index (χ4n) is 3.81. The Morgan fingerprint density at radius 1 is 1.06 bits per heavy atom. The zero-order valence-corrected chi connectivity index (χ0v) is 23.6. The molecule has 7 heteroatoms. The lowest BCUT2D eigenvalue weighted by molar-refractivity contribution is 0.0342. The van der Waals surface area contributed by atoms with E-state index in [1.54, 1.807) is 11.9 Å². The number of unbranched alkanes of at least 4 members (excludes halogenated alkanes) is 4. The van der Waals surface area contributed by atoms with Crippen LogP contribution in [0.4, 0.5) is 11.4 Å². The Bertz CT molecular complexity index is 843. The van der Waals surface area contributed by atoms with E-state index in [9.17, 15) is 4.79 Å². The molecule has 0 spiro atoms. The number of nitrogens with one attached hydrogen (secondary N) is 1. The SMILES string of the molecule is CCCCCCCSc1ccc(NC)cc1.CSN(C)c1ccc(CN2CCOCC2)cc1C=O. The summed E-state index contributed by atoms with van der Waals surface area (Å²) >= 11 is 3.57. The summed E-state index contributed by atoms with van der Waals surface area (Å²) in [6, 6.07) is 14.8. The Hall–Kier alpha value is -1.67. The smallest absolute Gasteiger partial charge is 0.152 e. The summed E-state index contributed by atoms with van der Waals surface area (Å²) in [6.07, 6.45) is 9.78. The number of rotatable bonds is 13. The van der Waals surface area contributed by atoms with Gasteiger partial charge in [-0.2, -0.15) is 0 Å². The van der Waals surface area contributed by atoms with E-state index < -0.39 is 0 Å². The van der Waals surface area contributed by atoms with Gasteiger partial charge in [-0.05, 0) is 54.1 Å². The maximum Gasteiger partial charge on any atom is 0.152 e. The van der Waals surface area contributed by atoms with Crippen molar-refractivity contribution in [1.29, 1.82) is 0 Å². The second kappa shape index (κ2) is 17.7. The topological polar surface area (TPSA) is 44.8 Å². The van der Waals surface area contributed by atoms with Gasteiger partial charge in [0.2, 0.25) is 0 Å². The average molecular weight is 518 g/mol. The quantitative estimate of drug-likeness (QED) is 0.135. The van der Waals surface area contributed by atoms with Gasteiger partial charge in [-0.25, -0.2) is 0 Å². The van der Waals surface area contributed by atoms with E-state index in [1.807, 2.05) is 48.6 Å². The van der Waals surface area contributed by atoms with Gasteiger partial charge in [0.1, 0.15) is 0 Å². The van der Waals surface area contributed by atoms with Crippen LogP contribution in [0.1, 0.15) is 54.9 Å². The van der Waals surface area contributed by atoms with E-state index in [2.05, 4.69) is 47.5 Å². The fourth-order valence-corrected chi connectivity index (χ4v) is 5.09. The molecule has 0 unspecified atom stereocenters. The van der Waals surface area contributed by atoms with Gasteiger partial charge in [0.15, 0.2) is 6.29 Å². The van der Waals surface area contributed by atoms with Gasteiger partial charge < -0.3 is 14.4 Å². The molecule has 2 aromatic carbocycles. The van der Waals surface area contributed by atoms with E-state index in [0.29, 0.717) is 0 Å². The van der Waals surface area contributed by atoms with Crippen molar-refractivity contribution in [2.75, 3.05) is 62.0 Å². The highest BCUT2D eigenvalue weighted by Crippen LogP contribution is 2.24. The number of carbonyl (C=O) groups is 1. The fraction of sp³-hybridized carbons (Fsp3) is 0.536. The number of benzene rings is 2. The average Bonchev–Trinajstić information content (AvgIpc) is 2.91. The highest BCUT2D eigenvalue weighted by Gasteiger charge is 2.13. The lowest BCUT2D eigenvalue weighted by Gasteiger charge is -2.27. The summed E-state index contributed by atoms with van der Waals surface area (Å²) in [6.45, 7) is 6.67. The maximum absolute atomic E-state index is 11.2. The Labute approximate surface area is 221 Å². The van der Waals surface area contributed by atoms with E-state index in [-0.39, 0.29) is 0 Å². The van der Waals surface area contributed by atoms with Crippen molar-refractivity contribution in [3.05, 3.63) is 53.6 Å². The van der Waals surface area contributed by atoms with Gasteiger partial charge >= 0.3 is 0 Å². The first-order chi connectivity index (χ1) is 17.1. The second-order valence-electron chi connectivity index (χ2n) is 8.62. The van der Waals surface area contributed by atoms with E-state index in [1.165, 1.54) is 54.0 Å². The van der Waals surface area contributed by atoms with Crippen LogP contribution in [0.15, 0.2) is 47.4 Å². The zero-order valence-electron chi connectivity index (χ0n) is 21.9. The minimum absolute atomic E-state index is 0.752. The molecule has 1 fully saturated rings. The van der Waals surface area contributed by atoms with E-state index in [0.717, 1.165) is 50.4 Å². The molecule has 0 bridgehead atoms. The largest absolute Gasteiger partial charge is 0.388 e. The molecule has 2 aromatic rings. The maximum atomic E-state index is 11.2. The van der Waals surface area contributed by atoms with Crippen molar-refractivity contribution in [3.8, 4) is 0 Å². The summed E-state index contributed by atoms with van der Waals surface area (Å²) in [5.41, 5.74) is 4.09. The summed E-state index contributed by atoms with van der Waals surface area (Å²) in [5.74, 6) is 1.25.